The Kier molecular flexibility index (Phi) is 2.91. The van der Waals surface area contributed by atoms with Gasteiger partial charge >= 0.3 is 5.97 Å². The molecule has 5 nitrogen and oxygen atoms in total. The van der Waals surface area contributed by atoms with Crippen molar-refractivity contribution in [1.82, 2.24) is 10.3 Å². The number of halogens is 1. The van der Waals surface area contributed by atoms with Crippen molar-refractivity contribution in [3.63, 3.8) is 0 Å². The summed E-state index contributed by atoms with van der Waals surface area (Å²) in [6, 6.07) is 2.64. The molecule has 0 saturated carbocycles. The molecule has 0 radical (unpaired) electrons. The normalized spacial score (nSPS) is 24.2. The molecule has 0 aromatic carbocycles. The Morgan fingerprint density at radius 3 is 2.88 bits per heavy atom. The van der Waals surface area contributed by atoms with Gasteiger partial charge in [-0.3, -0.25) is 9.78 Å². The van der Waals surface area contributed by atoms with Crippen molar-refractivity contribution < 1.29 is 14.7 Å². The Morgan fingerprint density at radius 1 is 1.56 bits per heavy atom. The van der Waals surface area contributed by atoms with Crippen LogP contribution in [0.4, 0.5) is 0 Å². The number of aliphatic carboxylic acids is 1. The van der Waals surface area contributed by atoms with E-state index >= 15 is 0 Å². The van der Waals surface area contributed by atoms with Crippen molar-refractivity contribution in [2.75, 3.05) is 0 Å². The van der Waals surface area contributed by atoms with Crippen LogP contribution in [-0.2, 0) is 9.59 Å². The standard InChI is InChI=1S/C10H9BrN2O3/c11-5-1-2-7(12-4-5)6-3-8(14)13-9(6)10(15)16/h1-2,4,6,9H,3H2,(H,13,14)(H,15,16). The number of carbonyl (C=O) groups is 2. The van der Waals surface area contributed by atoms with Crippen LogP contribution in [0.1, 0.15) is 18.0 Å². The number of amides is 1. The zero-order valence-electron chi connectivity index (χ0n) is 8.18. The predicted octanol–water partition coefficient (Wildman–Crippen LogP) is 0.901. The minimum atomic E-state index is -1.03. The van der Waals surface area contributed by atoms with Gasteiger partial charge in [0.2, 0.25) is 5.91 Å². The van der Waals surface area contributed by atoms with Crippen LogP contribution in [0.2, 0.25) is 0 Å². The number of hydrogen-bond acceptors (Lipinski definition) is 3. The molecule has 84 valence electrons. The van der Waals surface area contributed by atoms with Crippen molar-refractivity contribution in [1.29, 1.82) is 0 Å². The molecule has 2 N–H and O–H groups in total. The summed E-state index contributed by atoms with van der Waals surface area (Å²) in [5.41, 5.74) is 0.619. The number of carboxylic acids is 1. The summed E-state index contributed by atoms with van der Waals surface area (Å²) in [7, 11) is 0. The number of carboxylic acid groups (broad SMARTS) is 1. The molecule has 1 aromatic heterocycles. The molecular formula is C10H9BrN2O3. The molecule has 16 heavy (non-hydrogen) atoms. The predicted molar refractivity (Wildman–Crippen MR) is 58.9 cm³/mol. The van der Waals surface area contributed by atoms with Gasteiger partial charge < -0.3 is 10.4 Å². The van der Waals surface area contributed by atoms with Gasteiger partial charge in [0.1, 0.15) is 6.04 Å². The fourth-order valence-electron chi connectivity index (χ4n) is 1.77. The fourth-order valence-corrected chi connectivity index (χ4v) is 2.00. The summed E-state index contributed by atoms with van der Waals surface area (Å²) in [4.78, 5) is 26.3. The van der Waals surface area contributed by atoms with E-state index in [-0.39, 0.29) is 12.3 Å². The lowest BCUT2D eigenvalue weighted by molar-refractivity contribution is -0.140. The second-order valence-electron chi connectivity index (χ2n) is 3.60. The van der Waals surface area contributed by atoms with E-state index in [4.69, 9.17) is 5.11 Å². The number of nitrogens with zero attached hydrogens (tertiary/aromatic N) is 1. The van der Waals surface area contributed by atoms with Crippen LogP contribution in [-0.4, -0.2) is 28.0 Å². The minimum Gasteiger partial charge on any atom is -0.480 e. The summed E-state index contributed by atoms with van der Waals surface area (Å²) in [5, 5.41) is 11.4. The number of rotatable bonds is 2. The molecule has 1 aromatic rings. The Hall–Kier alpha value is -1.43. The SMILES string of the molecule is O=C1CC(c2ccc(Br)cn2)C(C(=O)O)N1. The number of carbonyl (C=O) groups excluding carboxylic acids is 1. The highest BCUT2D eigenvalue weighted by atomic mass is 79.9. The first-order valence-corrected chi connectivity index (χ1v) is 5.51. The Morgan fingerprint density at radius 2 is 2.31 bits per heavy atom. The second kappa shape index (κ2) is 4.21. The van der Waals surface area contributed by atoms with Gasteiger partial charge in [0.15, 0.2) is 0 Å². The molecule has 0 spiro atoms. The monoisotopic (exact) mass is 284 g/mol. The largest absolute Gasteiger partial charge is 0.480 e. The summed E-state index contributed by atoms with van der Waals surface area (Å²) in [5.74, 6) is -1.67. The molecule has 2 unspecified atom stereocenters. The molecule has 6 heteroatoms. The van der Waals surface area contributed by atoms with Crippen LogP contribution in [0, 0.1) is 0 Å². The van der Waals surface area contributed by atoms with E-state index in [0.717, 1.165) is 4.47 Å². The van der Waals surface area contributed by atoms with Crippen molar-refractivity contribution in [3.05, 3.63) is 28.5 Å². The maximum absolute atomic E-state index is 11.2. The fraction of sp³-hybridized carbons (Fsp3) is 0.300. The lowest BCUT2D eigenvalue weighted by Crippen LogP contribution is -2.36. The Labute approximate surface area is 100 Å². The third kappa shape index (κ3) is 2.06. The van der Waals surface area contributed by atoms with Crippen molar-refractivity contribution >= 4 is 27.8 Å². The first-order chi connectivity index (χ1) is 7.58. The molecule has 1 amide bonds. The van der Waals surface area contributed by atoms with Crippen LogP contribution in [0.15, 0.2) is 22.8 Å². The van der Waals surface area contributed by atoms with Crippen LogP contribution in [0.25, 0.3) is 0 Å². The summed E-state index contributed by atoms with van der Waals surface area (Å²) >= 11 is 3.25. The average Bonchev–Trinajstić information content (AvgIpc) is 2.61. The maximum Gasteiger partial charge on any atom is 0.326 e. The van der Waals surface area contributed by atoms with E-state index < -0.39 is 17.9 Å². The van der Waals surface area contributed by atoms with Crippen molar-refractivity contribution in [3.8, 4) is 0 Å². The van der Waals surface area contributed by atoms with E-state index in [1.165, 1.54) is 0 Å². The van der Waals surface area contributed by atoms with E-state index in [0.29, 0.717) is 5.69 Å². The van der Waals surface area contributed by atoms with Gasteiger partial charge in [-0.15, -0.1) is 0 Å². The molecule has 2 heterocycles. The lowest BCUT2D eigenvalue weighted by Gasteiger charge is -2.13. The quantitative estimate of drug-likeness (QED) is 0.846. The third-order valence-electron chi connectivity index (χ3n) is 2.52. The van der Waals surface area contributed by atoms with Crippen LogP contribution in [0.3, 0.4) is 0 Å². The number of nitrogens with one attached hydrogen (secondary N) is 1. The zero-order valence-corrected chi connectivity index (χ0v) is 9.77. The van der Waals surface area contributed by atoms with Crippen molar-refractivity contribution in [2.45, 2.75) is 18.4 Å². The molecule has 1 aliphatic rings. The number of aromatic nitrogens is 1. The molecule has 1 aliphatic heterocycles. The lowest BCUT2D eigenvalue weighted by atomic mass is 9.96. The molecule has 2 rings (SSSR count). The van der Waals surface area contributed by atoms with Gasteiger partial charge in [-0.25, -0.2) is 4.79 Å². The second-order valence-corrected chi connectivity index (χ2v) is 4.51. The highest BCUT2D eigenvalue weighted by molar-refractivity contribution is 9.10. The maximum atomic E-state index is 11.2. The number of hydrogen-bond donors (Lipinski definition) is 2. The smallest absolute Gasteiger partial charge is 0.326 e. The third-order valence-corrected chi connectivity index (χ3v) is 2.99. The first-order valence-electron chi connectivity index (χ1n) is 4.71. The van der Waals surface area contributed by atoms with Crippen LogP contribution < -0.4 is 5.32 Å². The molecule has 1 fully saturated rings. The molecule has 0 aliphatic carbocycles. The van der Waals surface area contributed by atoms with E-state index in [1.54, 1.807) is 18.3 Å². The van der Waals surface area contributed by atoms with Crippen LogP contribution >= 0.6 is 15.9 Å². The molecule has 2 atom stereocenters. The molecular weight excluding hydrogens is 276 g/mol. The Bertz CT molecular complexity index is 432. The minimum absolute atomic E-state index is 0.172. The molecule has 1 saturated heterocycles. The summed E-state index contributed by atoms with van der Waals surface area (Å²) in [6.07, 6.45) is 1.77. The van der Waals surface area contributed by atoms with Gasteiger partial charge in [0, 0.05) is 28.7 Å². The zero-order chi connectivity index (χ0) is 11.7. The van der Waals surface area contributed by atoms with Gasteiger partial charge in [-0.2, -0.15) is 0 Å². The summed E-state index contributed by atoms with van der Waals surface area (Å²) < 4.78 is 0.820. The van der Waals surface area contributed by atoms with E-state index in [1.807, 2.05) is 0 Å². The Balaban J connectivity index is 2.28. The average molecular weight is 285 g/mol. The highest BCUT2D eigenvalue weighted by Gasteiger charge is 2.39. The first kappa shape index (κ1) is 11.1. The van der Waals surface area contributed by atoms with Gasteiger partial charge in [-0.05, 0) is 28.1 Å². The highest BCUT2D eigenvalue weighted by Crippen LogP contribution is 2.27. The van der Waals surface area contributed by atoms with Gasteiger partial charge in [-0.1, -0.05) is 0 Å². The topological polar surface area (TPSA) is 79.3 Å². The number of pyridine rings is 1. The van der Waals surface area contributed by atoms with Gasteiger partial charge in [0.25, 0.3) is 0 Å². The summed E-state index contributed by atoms with van der Waals surface area (Å²) in [6.45, 7) is 0. The van der Waals surface area contributed by atoms with E-state index in [9.17, 15) is 9.59 Å². The van der Waals surface area contributed by atoms with Gasteiger partial charge in [0.05, 0.1) is 0 Å². The van der Waals surface area contributed by atoms with Crippen LogP contribution in [0.5, 0.6) is 0 Å². The van der Waals surface area contributed by atoms with Crippen molar-refractivity contribution in [2.24, 2.45) is 0 Å². The molecule has 0 bridgehead atoms. The van der Waals surface area contributed by atoms with E-state index in [2.05, 4.69) is 26.2 Å².